The van der Waals surface area contributed by atoms with Crippen LogP contribution < -0.4 is 4.74 Å². The Morgan fingerprint density at radius 1 is 1.20 bits per heavy atom. The molecule has 0 spiro atoms. The summed E-state index contributed by atoms with van der Waals surface area (Å²) in [6, 6.07) is 11.9. The molecule has 3 aromatic rings. The number of ether oxygens (including phenoxy) is 1. The maximum atomic E-state index is 6.10. The van der Waals surface area contributed by atoms with E-state index in [1.54, 1.807) is 6.20 Å². The SMILES string of the molecule is CC(C)c1cc(Br)ccc1Oc1cccc2nccn12. The van der Waals surface area contributed by atoms with E-state index < -0.39 is 0 Å². The van der Waals surface area contributed by atoms with Crippen LogP contribution in [0.1, 0.15) is 25.3 Å². The monoisotopic (exact) mass is 330 g/mol. The van der Waals surface area contributed by atoms with Crippen LogP contribution >= 0.6 is 15.9 Å². The lowest BCUT2D eigenvalue weighted by atomic mass is 10.0. The van der Waals surface area contributed by atoms with Crippen molar-refractivity contribution in [3.63, 3.8) is 0 Å². The van der Waals surface area contributed by atoms with Crippen LogP contribution in [0.15, 0.2) is 53.3 Å². The van der Waals surface area contributed by atoms with Crippen LogP contribution in [0.3, 0.4) is 0 Å². The lowest BCUT2D eigenvalue weighted by Gasteiger charge is -2.15. The number of nitrogens with zero attached hydrogens (tertiary/aromatic N) is 2. The zero-order valence-corrected chi connectivity index (χ0v) is 13.0. The van der Waals surface area contributed by atoms with E-state index in [0.717, 1.165) is 21.7 Å². The summed E-state index contributed by atoms with van der Waals surface area (Å²) in [5.41, 5.74) is 2.06. The standard InChI is InChI=1S/C16H15BrN2O/c1-11(2)13-10-12(17)6-7-14(13)20-16-5-3-4-15-18-8-9-19(15)16/h3-11H,1-2H3. The van der Waals surface area contributed by atoms with E-state index >= 15 is 0 Å². The molecule has 4 heteroatoms. The molecule has 2 aromatic heterocycles. The number of rotatable bonds is 3. The van der Waals surface area contributed by atoms with Gasteiger partial charge in [0.25, 0.3) is 0 Å². The van der Waals surface area contributed by atoms with Gasteiger partial charge in [0, 0.05) is 16.9 Å². The van der Waals surface area contributed by atoms with Crippen molar-refractivity contribution >= 4 is 21.6 Å². The number of imidazole rings is 1. The molecule has 1 aromatic carbocycles. The fourth-order valence-electron chi connectivity index (χ4n) is 2.18. The summed E-state index contributed by atoms with van der Waals surface area (Å²) in [5, 5.41) is 0. The Balaban J connectivity index is 2.05. The van der Waals surface area contributed by atoms with Crippen LogP contribution in [-0.4, -0.2) is 9.38 Å². The molecule has 0 amide bonds. The van der Waals surface area contributed by atoms with Gasteiger partial charge in [-0.2, -0.15) is 0 Å². The molecule has 0 unspecified atom stereocenters. The van der Waals surface area contributed by atoms with E-state index in [2.05, 4.69) is 40.8 Å². The van der Waals surface area contributed by atoms with E-state index in [9.17, 15) is 0 Å². The second kappa shape index (κ2) is 5.29. The summed E-state index contributed by atoms with van der Waals surface area (Å²) < 4.78 is 9.10. The highest BCUT2D eigenvalue weighted by molar-refractivity contribution is 9.10. The van der Waals surface area contributed by atoms with Crippen LogP contribution in [-0.2, 0) is 0 Å². The van der Waals surface area contributed by atoms with Crippen molar-refractivity contribution in [2.75, 3.05) is 0 Å². The Bertz CT molecular complexity index is 749. The Labute approximate surface area is 126 Å². The number of pyridine rings is 1. The topological polar surface area (TPSA) is 26.5 Å². The minimum atomic E-state index is 0.393. The zero-order chi connectivity index (χ0) is 14.1. The van der Waals surface area contributed by atoms with Crippen molar-refractivity contribution in [1.29, 1.82) is 0 Å². The fraction of sp³-hybridized carbons (Fsp3) is 0.188. The predicted molar refractivity (Wildman–Crippen MR) is 83.5 cm³/mol. The molecule has 0 aliphatic rings. The number of hydrogen-bond acceptors (Lipinski definition) is 2. The van der Waals surface area contributed by atoms with Gasteiger partial charge >= 0.3 is 0 Å². The molecule has 0 radical (unpaired) electrons. The van der Waals surface area contributed by atoms with Gasteiger partial charge in [-0.3, -0.25) is 4.40 Å². The predicted octanol–water partition coefficient (Wildman–Crippen LogP) is 5.01. The van der Waals surface area contributed by atoms with Crippen molar-refractivity contribution < 1.29 is 4.74 Å². The third-order valence-corrected chi connectivity index (χ3v) is 3.69. The van der Waals surface area contributed by atoms with E-state index in [0.29, 0.717) is 5.92 Å². The first-order valence-corrected chi connectivity index (χ1v) is 7.34. The summed E-state index contributed by atoms with van der Waals surface area (Å²) in [5.74, 6) is 2.04. The number of aromatic nitrogens is 2. The highest BCUT2D eigenvalue weighted by Crippen LogP contribution is 2.32. The lowest BCUT2D eigenvalue weighted by Crippen LogP contribution is -1.97. The van der Waals surface area contributed by atoms with Gasteiger partial charge in [-0.15, -0.1) is 0 Å². The van der Waals surface area contributed by atoms with Crippen LogP contribution in [0, 0.1) is 0 Å². The highest BCUT2D eigenvalue weighted by Gasteiger charge is 2.11. The van der Waals surface area contributed by atoms with Crippen molar-refractivity contribution in [1.82, 2.24) is 9.38 Å². The highest BCUT2D eigenvalue weighted by atomic mass is 79.9. The molecule has 3 nitrogen and oxygen atoms in total. The second-order valence-electron chi connectivity index (χ2n) is 4.96. The quantitative estimate of drug-likeness (QED) is 0.674. The van der Waals surface area contributed by atoms with Crippen molar-refractivity contribution in [2.45, 2.75) is 19.8 Å². The second-order valence-corrected chi connectivity index (χ2v) is 5.87. The Hall–Kier alpha value is -1.81. The van der Waals surface area contributed by atoms with Crippen molar-refractivity contribution in [2.24, 2.45) is 0 Å². The summed E-state index contributed by atoms with van der Waals surface area (Å²) in [7, 11) is 0. The van der Waals surface area contributed by atoms with E-state index in [-0.39, 0.29) is 0 Å². The number of benzene rings is 1. The molecule has 0 saturated carbocycles. The first-order valence-electron chi connectivity index (χ1n) is 6.54. The van der Waals surface area contributed by atoms with Gasteiger partial charge in [-0.05, 0) is 41.8 Å². The minimum Gasteiger partial charge on any atom is -0.440 e. The minimum absolute atomic E-state index is 0.393. The van der Waals surface area contributed by atoms with Crippen LogP contribution in [0.5, 0.6) is 11.6 Å². The van der Waals surface area contributed by atoms with Crippen LogP contribution in [0.25, 0.3) is 5.65 Å². The molecular formula is C16H15BrN2O. The van der Waals surface area contributed by atoms with Gasteiger partial charge in [0.15, 0.2) is 0 Å². The summed E-state index contributed by atoms with van der Waals surface area (Å²) in [4.78, 5) is 4.27. The third kappa shape index (κ3) is 2.43. The number of hydrogen-bond donors (Lipinski definition) is 0. The molecule has 0 atom stereocenters. The van der Waals surface area contributed by atoms with Gasteiger partial charge in [0.2, 0.25) is 5.88 Å². The molecule has 0 fully saturated rings. The zero-order valence-electron chi connectivity index (χ0n) is 11.4. The van der Waals surface area contributed by atoms with Crippen LogP contribution in [0.4, 0.5) is 0 Å². The maximum absolute atomic E-state index is 6.10. The van der Waals surface area contributed by atoms with Gasteiger partial charge in [0.05, 0.1) is 0 Å². The number of halogens is 1. The molecule has 0 N–H and O–H groups in total. The average molecular weight is 331 g/mol. The van der Waals surface area contributed by atoms with E-state index in [1.165, 1.54) is 5.56 Å². The molecular weight excluding hydrogens is 316 g/mol. The summed E-state index contributed by atoms with van der Waals surface area (Å²) in [6.07, 6.45) is 3.67. The largest absolute Gasteiger partial charge is 0.440 e. The fourth-order valence-corrected chi connectivity index (χ4v) is 2.56. The molecule has 0 saturated heterocycles. The first kappa shape index (κ1) is 13.2. The molecule has 0 aliphatic carbocycles. The Kier molecular flexibility index (Phi) is 3.49. The molecule has 0 aliphatic heterocycles. The third-order valence-electron chi connectivity index (χ3n) is 3.20. The molecule has 3 rings (SSSR count). The summed E-state index contributed by atoms with van der Waals surface area (Å²) >= 11 is 3.51. The smallest absolute Gasteiger partial charge is 0.205 e. The molecule has 0 bridgehead atoms. The Morgan fingerprint density at radius 3 is 2.85 bits per heavy atom. The average Bonchev–Trinajstić information content (AvgIpc) is 2.90. The summed E-state index contributed by atoms with van der Waals surface area (Å²) in [6.45, 7) is 4.32. The first-order chi connectivity index (χ1) is 9.65. The molecule has 102 valence electrons. The van der Waals surface area contributed by atoms with E-state index in [1.807, 2.05) is 40.9 Å². The number of fused-ring (bicyclic) bond motifs is 1. The normalized spacial score (nSPS) is 11.2. The van der Waals surface area contributed by atoms with Gasteiger partial charge in [-0.1, -0.05) is 35.8 Å². The van der Waals surface area contributed by atoms with Crippen molar-refractivity contribution in [3.8, 4) is 11.6 Å². The van der Waals surface area contributed by atoms with Crippen LogP contribution in [0.2, 0.25) is 0 Å². The van der Waals surface area contributed by atoms with Gasteiger partial charge in [0.1, 0.15) is 11.4 Å². The van der Waals surface area contributed by atoms with Gasteiger partial charge < -0.3 is 4.74 Å². The molecule has 20 heavy (non-hydrogen) atoms. The Morgan fingerprint density at radius 2 is 2.05 bits per heavy atom. The lowest BCUT2D eigenvalue weighted by molar-refractivity contribution is 0.448. The van der Waals surface area contributed by atoms with Crippen molar-refractivity contribution in [3.05, 3.63) is 58.8 Å². The molecule has 2 heterocycles. The van der Waals surface area contributed by atoms with E-state index in [4.69, 9.17) is 4.74 Å². The maximum Gasteiger partial charge on any atom is 0.205 e. The van der Waals surface area contributed by atoms with Gasteiger partial charge in [-0.25, -0.2) is 4.98 Å².